The van der Waals surface area contributed by atoms with Crippen molar-refractivity contribution in [3.8, 4) is 5.75 Å². The average molecular weight is 357 g/mol. The van der Waals surface area contributed by atoms with Gasteiger partial charge in [-0.15, -0.1) is 0 Å². The molecule has 2 N–H and O–H groups in total. The van der Waals surface area contributed by atoms with Gasteiger partial charge in [-0.2, -0.15) is 0 Å². The van der Waals surface area contributed by atoms with E-state index in [2.05, 4.69) is 15.9 Å². The predicted molar refractivity (Wildman–Crippen MR) is 85.8 cm³/mol. The Labute approximate surface area is 130 Å². The zero-order valence-corrected chi connectivity index (χ0v) is 13.1. The molecule has 0 saturated heterocycles. The molecule has 19 heavy (non-hydrogen) atoms. The summed E-state index contributed by atoms with van der Waals surface area (Å²) in [7, 11) is 0. The van der Waals surface area contributed by atoms with Crippen molar-refractivity contribution in [3.05, 3.63) is 63.1 Å². The zero-order valence-electron chi connectivity index (χ0n) is 9.90. The number of nitrogens with two attached hydrogens (primary N) is 1. The summed E-state index contributed by atoms with van der Waals surface area (Å²) in [5.41, 5.74) is 7.47. The van der Waals surface area contributed by atoms with E-state index in [-0.39, 0.29) is 0 Å². The number of hydrogen-bond acceptors (Lipinski definition) is 2. The van der Waals surface area contributed by atoms with Gasteiger partial charge in [0.15, 0.2) is 0 Å². The van der Waals surface area contributed by atoms with Crippen LogP contribution >= 0.6 is 39.7 Å². The molecule has 0 atom stereocenters. The van der Waals surface area contributed by atoms with Crippen LogP contribution in [-0.4, -0.2) is 4.99 Å². The van der Waals surface area contributed by atoms with Gasteiger partial charge < -0.3 is 10.5 Å². The highest BCUT2D eigenvalue weighted by molar-refractivity contribution is 9.10. The molecule has 0 saturated carbocycles. The molecular weight excluding hydrogens is 346 g/mol. The van der Waals surface area contributed by atoms with Crippen molar-refractivity contribution in [1.82, 2.24) is 0 Å². The molecule has 0 aliphatic carbocycles. The number of thiocarbonyl (C=S) groups is 1. The van der Waals surface area contributed by atoms with Gasteiger partial charge in [-0.3, -0.25) is 0 Å². The van der Waals surface area contributed by atoms with Gasteiger partial charge in [0.25, 0.3) is 0 Å². The lowest BCUT2D eigenvalue weighted by Gasteiger charge is -2.11. The fourth-order valence-electron chi connectivity index (χ4n) is 1.63. The molecule has 2 aromatic rings. The van der Waals surface area contributed by atoms with E-state index in [1.807, 2.05) is 30.3 Å². The molecule has 2 rings (SSSR count). The second kappa shape index (κ2) is 6.37. The van der Waals surface area contributed by atoms with Gasteiger partial charge in [0.05, 0.1) is 4.47 Å². The standard InChI is InChI=1S/C14H11BrClNOS/c15-12-7-10(16)5-6-13(12)18-8-9-3-1-2-4-11(9)14(17)19/h1-7H,8H2,(H2,17,19). The van der Waals surface area contributed by atoms with Crippen molar-refractivity contribution in [2.75, 3.05) is 0 Å². The first-order valence-electron chi connectivity index (χ1n) is 5.53. The van der Waals surface area contributed by atoms with E-state index in [1.165, 1.54) is 0 Å². The molecule has 0 fully saturated rings. The smallest absolute Gasteiger partial charge is 0.134 e. The molecule has 0 radical (unpaired) electrons. The summed E-state index contributed by atoms with van der Waals surface area (Å²) in [5, 5.41) is 0.655. The molecule has 0 spiro atoms. The van der Waals surface area contributed by atoms with Gasteiger partial charge in [0.1, 0.15) is 17.3 Å². The molecule has 0 heterocycles. The van der Waals surface area contributed by atoms with E-state index in [9.17, 15) is 0 Å². The van der Waals surface area contributed by atoms with Gasteiger partial charge in [-0.25, -0.2) is 0 Å². The first kappa shape index (κ1) is 14.3. The van der Waals surface area contributed by atoms with Gasteiger partial charge in [-0.05, 0) is 39.7 Å². The highest BCUT2D eigenvalue weighted by Gasteiger charge is 2.07. The lowest BCUT2D eigenvalue weighted by atomic mass is 10.1. The fraction of sp³-hybridized carbons (Fsp3) is 0.0714. The van der Waals surface area contributed by atoms with Gasteiger partial charge in [0, 0.05) is 10.6 Å². The SMILES string of the molecule is NC(=S)c1ccccc1COc1ccc(Cl)cc1Br. The van der Waals surface area contributed by atoms with Crippen LogP contribution < -0.4 is 10.5 Å². The summed E-state index contributed by atoms with van der Waals surface area (Å²) in [4.78, 5) is 0.370. The van der Waals surface area contributed by atoms with Crippen molar-refractivity contribution in [2.24, 2.45) is 5.73 Å². The number of rotatable bonds is 4. The molecule has 98 valence electrons. The Balaban J connectivity index is 2.17. The zero-order chi connectivity index (χ0) is 13.8. The lowest BCUT2D eigenvalue weighted by molar-refractivity contribution is 0.304. The average Bonchev–Trinajstić information content (AvgIpc) is 2.38. The Morgan fingerprint density at radius 1 is 1.26 bits per heavy atom. The van der Waals surface area contributed by atoms with Gasteiger partial charge in [0.2, 0.25) is 0 Å². The van der Waals surface area contributed by atoms with Crippen LogP contribution in [0.1, 0.15) is 11.1 Å². The predicted octanol–water partition coefficient (Wildman–Crippen LogP) is 4.32. The molecule has 0 amide bonds. The maximum Gasteiger partial charge on any atom is 0.134 e. The minimum absolute atomic E-state index is 0.370. The summed E-state index contributed by atoms with van der Waals surface area (Å²) in [6.45, 7) is 0.397. The lowest BCUT2D eigenvalue weighted by Crippen LogP contribution is -2.13. The third-order valence-electron chi connectivity index (χ3n) is 2.56. The highest BCUT2D eigenvalue weighted by atomic mass is 79.9. The summed E-state index contributed by atoms with van der Waals surface area (Å²) in [6.07, 6.45) is 0. The second-order valence-electron chi connectivity index (χ2n) is 3.88. The Bertz CT molecular complexity index is 618. The highest BCUT2D eigenvalue weighted by Crippen LogP contribution is 2.28. The Kier molecular flexibility index (Phi) is 4.80. The number of hydrogen-bond donors (Lipinski definition) is 1. The van der Waals surface area contributed by atoms with Crippen molar-refractivity contribution in [1.29, 1.82) is 0 Å². The Hall–Kier alpha value is -1.10. The Morgan fingerprint density at radius 3 is 2.68 bits per heavy atom. The molecule has 0 bridgehead atoms. The molecule has 0 unspecified atom stereocenters. The monoisotopic (exact) mass is 355 g/mol. The van der Waals surface area contributed by atoms with Crippen LogP contribution in [0.25, 0.3) is 0 Å². The molecule has 5 heteroatoms. The molecule has 0 aliphatic rings. The second-order valence-corrected chi connectivity index (χ2v) is 5.62. The summed E-state index contributed by atoms with van der Waals surface area (Å²) in [6, 6.07) is 13.0. The summed E-state index contributed by atoms with van der Waals surface area (Å²) >= 11 is 14.3. The van der Waals surface area contributed by atoms with Gasteiger partial charge >= 0.3 is 0 Å². The van der Waals surface area contributed by atoms with Crippen LogP contribution in [0.15, 0.2) is 46.9 Å². The van der Waals surface area contributed by atoms with Crippen molar-refractivity contribution < 1.29 is 4.74 Å². The van der Waals surface area contributed by atoms with Crippen LogP contribution in [0.5, 0.6) is 5.75 Å². The number of ether oxygens (including phenoxy) is 1. The van der Waals surface area contributed by atoms with Crippen molar-refractivity contribution >= 4 is 44.7 Å². The van der Waals surface area contributed by atoms with E-state index in [4.69, 9.17) is 34.3 Å². The van der Waals surface area contributed by atoms with Crippen LogP contribution in [0, 0.1) is 0 Å². The topological polar surface area (TPSA) is 35.2 Å². The minimum Gasteiger partial charge on any atom is -0.488 e. The van der Waals surface area contributed by atoms with E-state index >= 15 is 0 Å². The largest absolute Gasteiger partial charge is 0.488 e. The van der Waals surface area contributed by atoms with E-state index < -0.39 is 0 Å². The number of halogens is 2. The first-order valence-corrected chi connectivity index (χ1v) is 7.11. The third-order valence-corrected chi connectivity index (χ3v) is 3.63. The fourth-order valence-corrected chi connectivity index (χ4v) is 2.63. The van der Waals surface area contributed by atoms with Gasteiger partial charge in [-0.1, -0.05) is 48.1 Å². The Morgan fingerprint density at radius 2 is 2.00 bits per heavy atom. The minimum atomic E-state index is 0.370. The first-order chi connectivity index (χ1) is 9.08. The molecule has 2 aromatic carbocycles. The molecule has 2 nitrogen and oxygen atoms in total. The molecule has 0 aliphatic heterocycles. The van der Waals surface area contributed by atoms with Crippen molar-refractivity contribution in [3.63, 3.8) is 0 Å². The maximum atomic E-state index is 5.88. The van der Waals surface area contributed by atoms with Crippen LogP contribution in [-0.2, 0) is 6.61 Å². The van der Waals surface area contributed by atoms with Crippen LogP contribution in [0.2, 0.25) is 5.02 Å². The third kappa shape index (κ3) is 3.69. The molecular formula is C14H11BrClNOS. The van der Waals surface area contributed by atoms with Crippen LogP contribution in [0.4, 0.5) is 0 Å². The summed E-state index contributed by atoms with van der Waals surface area (Å²) < 4.78 is 6.56. The van der Waals surface area contributed by atoms with E-state index in [1.54, 1.807) is 12.1 Å². The molecule has 0 aromatic heterocycles. The normalized spacial score (nSPS) is 10.2. The maximum absolute atomic E-state index is 5.88. The van der Waals surface area contributed by atoms with E-state index in [0.29, 0.717) is 16.6 Å². The number of benzene rings is 2. The van der Waals surface area contributed by atoms with Crippen molar-refractivity contribution in [2.45, 2.75) is 6.61 Å². The quantitative estimate of drug-likeness (QED) is 0.829. The van der Waals surface area contributed by atoms with E-state index in [0.717, 1.165) is 21.3 Å². The van der Waals surface area contributed by atoms with Crippen LogP contribution in [0.3, 0.4) is 0 Å². The summed E-state index contributed by atoms with van der Waals surface area (Å²) in [5.74, 6) is 0.724.